The molecule has 2 atom stereocenters. The molecule has 1 N–H and O–H groups in total. The van der Waals surface area contributed by atoms with E-state index < -0.39 is 5.82 Å². The van der Waals surface area contributed by atoms with Crippen LogP contribution in [0.25, 0.3) is 10.1 Å². The summed E-state index contributed by atoms with van der Waals surface area (Å²) >= 11 is 7.38. The van der Waals surface area contributed by atoms with Gasteiger partial charge < -0.3 is 10.1 Å². The molecule has 2 unspecified atom stereocenters. The number of nitrogens with one attached hydrogen (secondary N) is 1. The molecule has 0 radical (unpaired) electrons. The van der Waals surface area contributed by atoms with Gasteiger partial charge in [-0.2, -0.15) is 0 Å². The first-order valence-electron chi connectivity index (χ1n) is 6.87. The predicted molar refractivity (Wildman–Crippen MR) is 82.7 cm³/mol. The van der Waals surface area contributed by atoms with Gasteiger partial charge in [0.25, 0.3) is 5.91 Å². The number of rotatable bonds is 3. The van der Waals surface area contributed by atoms with E-state index in [2.05, 4.69) is 5.32 Å². The van der Waals surface area contributed by atoms with E-state index >= 15 is 0 Å². The summed E-state index contributed by atoms with van der Waals surface area (Å²) in [5.41, 5.74) is 0. The molecular formula is C15H15ClFNO2S. The summed E-state index contributed by atoms with van der Waals surface area (Å²) in [5.74, 6) is -0.677. The molecule has 2 aromatic rings. The molecule has 1 amide bonds. The van der Waals surface area contributed by atoms with Crippen LogP contribution in [0.15, 0.2) is 18.2 Å². The van der Waals surface area contributed by atoms with Crippen LogP contribution in [0.5, 0.6) is 0 Å². The largest absolute Gasteiger partial charge is 0.376 e. The maximum atomic E-state index is 13.8. The third kappa shape index (κ3) is 2.78. The van der Waals surface area contributed by atoms with Crippen LogP contribution in [0.3, 0.4) is 0 Å². The van der Waals surface area contributed by atoms with Gasteiger partial charge >= 0.3 is 0 Å². The fourth-order valence-corrected chi connectivity index (χ4v) is 4.04. The fourth-order valence-electron chi connectivity index (χ4n) is 2.58. The Hall–Kier alpha value is -1.17. The second-order valence-corrected chi connectivity index (χ2v) is 6.60. The van der Waals surface area contributed by atoms with Crippen molar-refractivity contribution < 1.29 is 13.9 Å². The molecule has 0 aliphatic carbocycles. The number of fused-ring (bicyclic) bond motifs is 1. The van der Waals surface area contributed by atoms with Crippen molar-refractivity contribution >= 4 is 38.9 Å². The smallest absolute Gasteiger partial charge is 0.263 e. The zero-order valence-electron chi connectivity index (χ0n) is 11.5. The van der Waals surface area contributed by atoms with Gasteiger partial charge in [-0.25, -0.2) is 4.39 Å². The van der Waals surface area contributed by atoms with Gasteiger partial charge in [0.1, 0.15) is 10.7 Å². The first-order chi connectivity index (χ1) is 10.1. The molecule has 1 aliphatic heterocycles. The molecular weight excluding hydrogens is 313 g/mol. The highest BCUT2D eigenvalue weighted by atomic mass is 35.5. The molecule has 2 heterocycles. The van der Waals surface area contributed by atoms with Crippen molar-refractivity contribution in [2.45, 2.75) is 31.9 Å². The lowest BCUT2D eigenvalue weighted by molar-refractivity contribution is 0.0715. The summed E-state index contributed by atoms with van der Waals surface area (Å²) in [4.78, 5) is 12.7. The van der Waals surface area contributed by atoms with Crippen LogP contribution in [-0.2, 0) is 4.74 Å². The zero-order valence-corrected chi connectivity index (χ0v) is 13.1. The molecule has 21 heavy (non-hydrogen) atoms. The summed E-state index contributed by atoms with van der Waals surface area (Å²) in [7, 11) is 0. The van der Waals surface area contributed by atoms with Crippen LogP contribution in [0, 0.1) is 5.82 Å². The highest BCUT2D eigenvalue weighted by Crippen LogP contribution is 2.36. The molecule has 6 heteroatoms. The van der Waals surface area contributed by atoms with E-state index in [1.807, 2.05) is 6.92 Å². The Bertz CT molecular complexity index is 682. The second-order valence-electron chi connectivity index (χ2n) is 5.17. The van der Waals surface area contributed by atoms with Gasteiger partial charge in [-0.15, -0.1) is 11.3 Å². The minimum Gasteiger partial charge on any atom is -0.376 e. The summed E-state index contributed by atoms with van der Waals surface area (Å²) in [6.45, 7) is 2.65. The fraction of sp³-hybridized carbons (Fsp3) is 0.400. The number of hydrogen-bond acceptors (Lipinski definition) is 3. The van der Waals surface area contributed by atoms with Gasteiger partial charge in [-0.1, -0.05) is 17.7 Å². The molecule has 0 bridgehead atoms. The standard InChI is InChI=1S/C15H15ClFNO2S/c1-8(10-5-3-7-20-10)18-15(19)14-13(16)12-9(17)4-2-6-11(12)21-14/h2,4,6,8,10H,3,5,7H2,1H3,(H,18,19). The minimum atomic E-state index is -0.403. The number of thiophene rings is 1. The summed E-state index contributed by atoms with van der Waals surface area (Å²) in [6, 6.07) is 4.62. The van der Waals surface area contributed by atoms with Crippen LogP contribution < -0.4 is 5.32 Å². The Morgan fingerprint density at radius 1 is 1.57 bits per heavy atom. The third-order valence-electron chi connectivity index (χ3n) is 3.69. The molecule has 1 aliphatic rings. The molecule has 1 saturated heterocycles. The Morgan fingerprint density at radius 3 is 3.05 bits per heavy atom. The van der Waals surface area contributed by atoms with E-state index in [1.54, 1.807) is 12.1 Å². The highest BCUT2D eigenvalue weighted by molar-refractivity contribution is 7.21. The first kappa shape index (κ1) is 14.8. The highest BCUT2D eigenvalue weighted by Gasteiger charge is 2.26. The maximum Gasteiger partial charge on any atom is 0.263 e. The number of carbonyl (C=O) groups excluding carboxylic acids is 1. The van der Waals surface area contributed by atoms with Crippen molar-refractivity contribution in [1.29, 1.82) is 0 Å². The lowest BCUT2D eigenvalue weighted by Crippen LogP contribution is -2.40. The molecule has 1 aromatic heterocycles. The van der Waals surface area contributed by atoms with E-state index in [1.165, 1.54) is 17.4 Å². The van der Waals surface area contributed by atoms with E-state index in [-0.39, 0.29) is 23.1 Å². The lowest BCUT2D eigenvalue weighted by Gasteiger charge is -2.19. The molecule has 3 rings (SSSR count). The third-order valence-corrected chi connectivity index (χ3v) is 5.34. The zero-order chi connectivity index (χ0) is 15.0. The topological polar surface area (TPSA) is 38.3 Å². The first-order valence-corrected chi connectivity index (χ1v) is 8.06. The lowest BCUT2D eigenvalue weighted by atomic mass is 10.1. The SMILES string of the molecule is CC(NC(=O)c1sc2cccc(F)c2c1Cl)C1CCCO1. The normalized spacial score (nSPS) is 19.9. The number of amides is 1. The Kier molecular flexibility index (Phi) is 4.15. The number of benzene rings is 1. The summed E-state index contributed by atoms with van der Waals surface area (Å²) in [6.07, 6.45) is 1.99. The quantitative estimate of drug-likeness (QED) is 0.925. The van der Waals surface area contributed by atoms with Crippen molar-refractivity contribution in [3.05, 3.63) is 33.9 Å². The van der Waals surface area contributed by atoms with Crippen molar-refractivity contribution in [1.82, 2.24) is 5.32 Å². The van der Waals surface area contributed by atoms with E-state index in [4.69, 9.17) is 16.3 Å². The molecule has 1 aromatic carbocycles. The van der Waals surface area contributed by atoms with Gasteiger partial charge in [0, 0.05) is 16.7 Å². The van der Waals surface area contributed by atoms with Gasteiger partial charge in [0.2, 0.25) is 0 Å². The van der Waals surface area contributed by atoms with Crippen LogP contribution >= 0.6 is 22.9 Å². The monoisotopic (exact) mass is 327 g/mol. The van der Waals surface area contributed by atoms with E-state index in [0.29, 0.717) is 15.0 Å². The average Bonchev–Trinajstić information content (AvgIpc) is 3.07. The van der Waals surface area contributed by atoms with Crippen LogP contribution in [0.4, 0.5) is 4.39 Å². The number of hydrogen-bond donors (Lipinski definition) is 1. The number of ether oxygens (including phenoxy) is 1. The predicted octanol–water partition coefficient (Wildman–Crippen LogP) is 3.99. The van der Waals surface area contributed by atoms with Crippen molar-refractivity contribution in [2.75, 3.05) is 6.61 Å². The van der Waals surface area contributed by atoms with Gasteiger partial charge in [-0.05, 0) is 31.9 Å². The molecule has 0 saturated carbocycles. The minimum absolute atomic E-state index is 0.0406. The van der Waals surface area contributed by atoms with Crippen LogP contribution in [0.1, 0.15) is 29.4 Å². The Labute approximate surface area is 131 Å². The van der Waals surface area contributed by atoms with Gasteiger partial charge in [0.05, 0.1) is 17.2 Å². The molecule has 0 spiro atoms. The average molecular weight is 328 g/mol. The number of carbonyl (C=O) groups is 1. The van der Waals surface area contributed by atoms with Gasteiger partial charge in [0.15, 0.2) is 0 Å². The number of halogens is 2. The van der Waals surface area contributed by atoms with Crippen molar-refractivity contribution in [3.63, 3.8) is 0 Å². The van der Waals surface area contributed by atoms with Crippen molar-refractivity contribution in [2.24, 2.45) is 0 Å². The molecule has 3 nitrogen and oxygen atoms in total. The van der Waals surface area contributed by atoms with Gasteiger partial charge in [-0.3, -0.25) is 4.79 Å². The molecule has 112 valence electrons. The van der Waals surface area contributed by atoms with Crippen molar-refractivity contribution in [3.8, 4) is 0 Å². The van der Waals surface area contributed by atoms with E-state index in [9.17, 15) is 9.18 Å². The van der Waals surface area contributed by atoms with Crippen LogP contribution in [0.2, 0.25) is 5.02 Å². The molecule has 1 fully saturated rings. The Balaban J connectivity index is 1.84. The van der Waals surface area contributed by atoms with Crippen LogP contribution in [-0.4, -0.2) is 24.7 Å². The summed E-state index contributed by atoms with van der Waals surface area (Å²) in [5, 5.41) is 3.40. The summed E-state index contributed by atoms with van der Waals surface area (Å²) < 4.78 is 20.0. The Morgan fingerprint density at radius 2 is 2.38 bits per heavy atom. The second kappa shape index (κ2) is 5.91. The van der Waals surface area contributed by atoms with E-state index in [0.717, 1.165) is 19.4 Å². The maximum absolute atomic E-state index is 13.8.